The molecule has 0 aliphatic carbocycles. The molecule has 2 atom stereocenters. The quantitative estimate of drug-likeness (QED) is 0.272. The first-order chi connectivity index (χ1) is 16.8. The molecular weight excluding hydrogens is 436 g/mol. The second-order valence-corrected chi connectivity index (χ2v) is 9.64. The Labute approximate surface area is 212 Å². The van der Waals surface area contributed by atoms with E-state index in [2.05, 4.69) is 42.0 Å². The molecule has 2 heterocycles. The number of likely N-dealkylation sites (tertiary alicyclic amines) is 2. The van der Waals surface area contributed by atoms with Crippen LogP contribution in [0.3, 0.4) is 0 Å². The SMILES string of the molecule is C=C\C=C/C=C(C)/C(=N/OC)C1CCN(C(=O)C2CCN(CC(/C=C(\C)N)=C/C=C)C(C)C2)CC1. The predicted molar refractivity (Wildman–Crippen MR) is 147 cm³/mol. The molecule has 6 heteroatoms. The van der Waals surface area contributed by atoms with E-state index < -0.39 is 0 Å². The van der Waals surface area contributed by atoms with Gasteiger partial charge < -0.3 is 15.5 Å². The van der Waals surface area contributed by atoms with E-state index in [1.54, 1.807) is 19.3 Å². The number of hydrogen-bond donors (Lipinski definition) is 1. The van der Waals surface area contributed by atoms with Gasteiger partial charge in [0, 0.05) is 43.2 Å². The van der Waals surface area contributed by atoms with E-state index in [1.807, 2.05) is 37.3 Å². The Morgan fingerprint density at radius 2 is 1.74 bits per heavy atom. The molecule has 0 spiro atoms. The fourth-order valence-corrected chi connectivity index (χ4v) is 5.07. The summed E-state index contributed by atoms with van der Waals surface area (Å²) in [6.07, 6.45) is 17.0. The molecule has 1 amide bonds. The van der Waals surface area contributed by atoms with Crippen LogP contribution in [0.15, 0.2) is 77.7 Å². The number of allylic oxidation sites excluding steroid dienone is 8. The molecule has 0 aromatic carbocycles. The van der Waals surface area contributed by atoms with Gasteiger partial charge in [0.05, 0.1) is 5.71 Å². The van der Waals surface area contributed by atoms with Gasteiger partial charge in [-0.1, -0.05) is 54.8 Å². The minimum atomic E-state index is 0.0919. The second kappa shape index (κ2) is 14.5. The normalized spacial score (nSPS) is 24.1. The summed E-state index contributed by atoms with van der Waals surface area (Å²) in [4.78, 5) is 23.0. The number of rotatable bonds is 10. The molecule has 2 aliphatic heterocycles. The van der Waals surface area contributed by atoms with E-state index in [0.29, 0.717) is 17.9 Å². The molecule has 2 aliphatic rings. The highest BCUT2D eigenvalue weighted by atomic mass is 16.6. The maximum atomic E-state index is 13.4. The van der Waals surface area contributed by atoms with Crippen molar-refractivity contribution in [3.8, 4) is 0 Å². The summed E-state index contributed by atoms with van der Waals surface area (Å²) in [5.41, 5.74) is 9.88. The number of piperidine rings is 2. The van der Waals surface area contributed by atoms with Gasteiger partial charge in [-0.25, -0.2) is 0 Å². The molecular formula is C29H44N4O2. The average Bonchev–Trinajstić information content (AvgIpc) is 2.83. The summed E-state index contributed by atoms with van der Waals surface area (Å²) in [7, 11) is 1.59. The van der Waals surface area contributed by atoms with Gasteiger partial charge >= 0.3 is 0 Å². The van der Waals surface area contributed by atoms with E-state index in [1.165, 1.54) is 0 Å². The van der Waals surface area contributed by atoms with Crippen LogP contribution in [-0.4, -0.2) is 60.7 Å². The zero-order valence-corrected chi connectivity index (χ0v) is 22.1. The highest BCUT2D eigenvalue weighted by Crippen LogP contribution is 2.29. The molecule has 0 aromatic rings. The van der Waals surface area contributed by atoms with Crippen LogP contribution in [0, 0.1) is 11.8 Å². The fourth-order valence-electron chi connectivity index (χ4n) is 5.07. The fraction of sp³-hybridized carbons (Fsp3) is 0.517. The first-order valence-electron chi connectivity index (χ1n) is 12.7. The Hall–Kier alpha value is -2.86. The molecule has 0 radical (unpaired) electrons. The Balaban J connectivity index is 1.94. The van der Waals surface area contributed by atoms with Gasteiger partial charge in [0.15, 0.2) is 0 Å². The van der Waals surface area contributed by atoms with Gasteiger partial charge in [-0.15, -0.1) is 0 Å². The van der Waals surface area contributed by atoms with E-state index in [9.17, 15) is 4.79 Å². The largest absolute Gasteiger partial charge is 0.402 e. The van der Waals surface area contributed by atoms with Gasteiger partial charge in [-0.3, -0.25) is 9.69 Å². The van der Waals surface area contributed by atoms with Crippen LogP contribution in [0.1, 0.15) is 46.5 Å². The van der Waals surface area contributed by atoms with Gasteiger partial charge in [-0.2, -0.15) is 0 Å². The number of hydrogen-bond acceptors (Lipinski definition) is 5. The summed E-state index contributed by atoms with van der Waals surface area (Å²) in [5.74, 6) is 0.692. The highest BCUT2D eigenvalue weighted by molar-refractivity contribution is 6.01. The summed E-state index contributed by atoms with van der Waals surface area (Å²) < 4.78 is 0. The van der Waals surface area contributed by atoms with Gasteiger partial charge in [-0.05, 0) is 70.2 Å². The monoisotopic (exact) mass is 480 g/mol. The summed E-state index contributed by atoms with van der Waals surface area (Å²) >= 11 is 0. The first-order valence-corrected chi connectivity index (χ1v) is 12.7. The van der Waals surface area contributed by atoms with Crippen molar-refractivity contribution >= 4 is 11.6 Å². The molecule has 0 bridgehead atoms. The van der Waals surface area contributed by atoms with E-state index in [4.69, 9.17) is 10.6 Å². The van der Waals surface area contributed by atoms with Crippen molar-refractivity contribution in [3.63, 3.8) is 0 Å². The number of nitrogens with zero attached hydrogens (tertiary/aromatic N) is 3. The van der Waals surface area contributed by atoms with Crippen molar-refractivity contribution in [3.05, 3.63) is 72.5 Å². The highest BCUT2D eigenvalue weighted by Gasteiger charge is 2.34. The van der Waals surface area contributed by atoms with Crippen LogP contribution in [-0.2, 0) is 9.63 Å². The number of carbonyl (C=O) groups excluding carboxylic acids is 1. The van der Waals surface area contributed by atoms with Gasteiger partial charge in [0.25, 0.3) is 0 Å². The molecule has 192 valence electrons. The predicted octanol–water partition coefficient (Wildman–Crippen LogP) is 4.99. The van der Waals surface area contributed by atoms with Gasteiger partial charge in [0.2, 0.25) is 5.91 Å². The standard InChI is InChI=1S/C29H44N4O2/c1-7-9-10-12-22(3)28(31-35-6)26-13-16-32(17-14-26)29(34)27-15-18-33(24(5)20-27)21-25(11-8-2)19-23(4)30/h7-12,19,24,26-27H,1-2,13-18,20-21,30H2,3-6H3/b10-9-,22-12+,23-19+,25-11+,31-28-. The van der Waals surface area contributed by atoms with Crippen LogP contribution >= 0.6 is 0 Å². The summed E-state index contributed by atoms with van der Waals surface area (Å²) in [6.45, 7) is 17.0. The minimum absolute atomic E-state index is 0.0919. The summed E-state index contributed by atoms with van der Waals surface area (Å²) in [6, 6.07) is 0.340. The molecule has 6 nitrogen and oxygen atoms in total. The van der Waals surface area contributed by atoms with Gasteiger partial charge in [0.1, 0.15) is 7.11 Å². The van der Waals surface area contributed by atoms with Crippen molar-refractivity contribution in [2.75, 3.05) is 33.3 Å². The third-order valence-corrected chi connectivity index (χ3v) is 6.87. The maximum absolute atomic E-state index is 13.4. The Morgan fingerprint density at radius 3 is 2.31 bits per heavy atom. The lowest BCUT2D eigenvalue weighted by Gasteiger charge is -2.40. The Morgan fingerprint density at radius 1 is 1.06 bits per heavy atom. The lowest BCUT2D eigenvalue weighted by Crippen LogP contribution is -2.48. The van der Waals surface area contributed by atoms with E-state index in [-0.39, 0.29) is 5.92 Å². The van der Waals surface area contributed by atoms with E-state index in [0.717, 1.165) is 74.4 Å². The van der Waals surface area contributed by atoms with Crippen LogP contribution in [0.25, 0.3) is 0 Å². The van der Waals surface area contributed by atoms with Crippen molar-refractivity contribution in [1.82, 2.24) is 9.80 Å². The second-order valence-electron chi connectivity index (χ2n) is 9.64. The van der Waals surface area contributed by atoms with Crippen molar-refractivity contribution < 1.29 is 9.63 Å². The lowest BCUT2D eigenvalue weighted by atomic mass is 9.86. The molecule has 0 aromatic heterocycles. The lowest BCUT2D eigenvalue weighted by molar-refractivity contribution is -0.138. The number of oxime groups is 1. The topological polar surface area (TPSA) is 71.2 Å². The average molecular weight is 481 g/mol. The molecule has 2 fully saturated rings. The van der Waals surface area contributed by atoms with Crippen LogP contribution in [0.5, 0.6) is 0 Å². The minimum Gasteiger partial charge on any atom is -0.402 e. The number of amides is 1. The smallest absolute Gasteiger partial charge is 0.225 e. The summed E-state index contributed by atoms with van der Waals surface area (Å²) in [5, 5.41) is 4.32. The third kappa shape index (κ3) is 8.70. The first kappa shape index (κ1) is 28.4. The number of carbonyl (C=O) groups is 1. The van der Waals surface area contributed by atoms with Crippen LogP contribution in [0.2, 0.25) is 0 Å². The molecule has 35 heavy (non-hydrogen) atoms. The molecule has 2 saturated heterocycles. The zero-order chi connectivity index (χ0) is 25.8. The van der Waals surface area contributed by atoms with Crippen LogP contribution in [0.4, 0.5) is 0 Å². The zero-order valence-electron chi connectivity index (χ0n) is 22.1. The number of nitrogens with two attached hydrogens (primary N) is 1. The Kier molecular flexibility index (Phi) is 11.8. The molecule has 2 N–H and O–H groups in total. The molecule has 0 saturated carbocycles. The maximum Gasteiger partial charge on any atom is 0.225 e. The molecule has 2 rings (SSSR count). The molecule has 2 unspecified atom stereocenters. The van der Waals surface area contributed by atoms with Crippen LogP contribution < -0.4 is 5.73 Å². The van der Waals surface area contributed by atoms with Crippen molar-refractivity contribution in [2.45, 2.75) is 52.5 Å². The van der Waals surface area contributed by atoms with E-state index >= 15 is 0 Å². The third-order valence-electron chi connectivity index (χ3n) is 6.87. The van der Waals surface area contributed by atoms with Crippen molar-refractivity contribution in [1.29, 1.82) is 0 Å². The Bertz CT molecular complexity index is 884. The van der Waals surface area contributed by atoms with Crippen molar-refractivity contribution in [2.24, 2.45) is 22.7 Å².